The van der Waals surface area contributed by atoms with Crippen LogP contribution in [0.5, 0.6) is 0 Å². The second kappa shape index (κ2) is 8.00. The molecule has 2 aliphatic rings. The second-order valence-electron chi connectivity index (χ2n) is 8.24. The number of anilines is 1. The Hall–Kier alpha value is -2.87. The van der Waals surface area contributed by atoms with E-state index >= 15 is 0 Å². The van der Waals surface area contributed by atoms with E-state index < -0.39 is 0 Å². The first-order valence-corrected chi connectivity index (χ1v) is 11.7. The molecule has 0 saturated carbocycles. The average molecular weight is 436 g/mol. The number of imidazole rings is 1. The van der Waals surface area contributed by atoms with Crippen molar-refractivity contribution in [1.82, 2.24) is 19.1 Å². The minimum atomic E-state index is -0.189. The molecule has 160 valence electrons. The lowest BCUT2D eigenvalue weighted by Gasteiger charge is -2.15. The lowest BCUT2D eigenvalue weighted by Crippen LogP contribution is -2.29. The molecule has 8 heteroatoms. The number of amides is 1. The fraction of sp³-hybridized carbons (Fsp3) is 0.391. The summed E-state index contributed by atoms with van der Waals surface area (Å²) in [6.07, 6.45) is 5.66. The summed E-state index contributed by atoms with van der Waals surface area (Å²) in [6.45, 7) is 4.64. The molecule has 0 saturated heterocycles. The van der Waals surface area contributed by atoms with Gasteiger partial charge >= 0.3 is 0 Å². The predicted octanol–water partition coefficient (Wildman–Crippen LogP) is 3.74. The minimum absolute atomic E-state index is 0.0470. The monoisotopic (exact) mass is 435 g/mol. The van der Waals surface area contributed by atoms with Crippen LogP contribution in [-0.2, 0) is 17.8 Å². The van der Waals surface area contributed by atoms with Crippen molar-refractivity contribution < 1.29 is 4.79 Å². The number of rotatable bonds is 4. The first kappa shape index (κ1) is 20.1. The standard InChI is InChI=1S/C23H25N5O2S/c1-14-15(2)24-23-28(22(14)30)16(13-31-23)11-21(29)26-18-8-4-3-7-17(18)19-12-27-10-6-5-9-20(27)25-19/h3-4,7-8,12,16H,5-6,9-11,13H2,1-2H3,(H,26,29). The summed E-state index contributed by atoms with van der Waals surface area (Å²) in [5.41, 5.74) is 3.91. The highest BCUT2D eigenvalue weighted by molar-refractivity contribution is 7.99. The summed E-state index contributed by atoms with van der Waals surface area (Å²) in [4.78, 5) is 35.0. The number of hydrogen-bond donors (Lipinski definition) is 1. The molecule has 0 aliphatic carbocycles. The number of aryl methyl sites for hydroxylation is 3. The van der Waals surface area contributed by atoms with Crippen molar-refractivity contribution >= 4 is 23.4 Å². The molecular formula is C23H25N5O2S. The molecule has 2 aromatic heterocycles. The Morgan fingerprint density at radius 3 is 2.90 bits per heavy atom. The van der Waals surface area contributed by atoms with Gasteiger partial charge < -0.3 is 9.88 Å². The first-order chi connectivity index (χ1) is 15.0. The Morgan fingerprint density at radius 2 is 2.06 bits per heavy atom. The van der Waals surface area contributed by atoms with Crippen LogP contribution in [0.1, 0.15) is 42.4 Å². The Morgan fingerprint density at radius 1 is 1.23 bits per heavy atom. The van der Waals surface area contributed by atoms with E-state index in [0.717, 1.165) is 41.4 Å². The van der Waals surface area contributed by atoms with Crippen molar-refractivity contribution in [2.24, 2.45) is 0 Å². The normalized spacial score (nSPS) is 17.3. The number of para-hydroxylation sites is 1. The third-order valence-electron chi connectivity index (χ3n) is 6.13. The maximum absolute atomic E-state index is 12.9. The summed E-state index contributed by atoms with van der Waals surface area (Å²) in [7, 11) is 0. The molecule has 31 heavy (non-hydrogen) atoms. The summed E-state index contributed by atoms with van der Waals surface area (Å²) < 4.78 is 3.90. The highest BCUT2D eigenvalue weighted by Gasteiger charge is 2.29. The molecule has 5 rings (SSSR count). The number of hydrogen-bond acceptors (Lipinski definition) is 5. The zero-order valence-electron chi connectivity index (χ0n) is 17.7. The highest BCUT2D eigenvalue weighted by Crippen LogP contribution is 2.33. The lowest BCUT2D eigenvalue weighted by molar-refractivity contribution is -0.116. The summed E-state index contributed by atoms with van der Waals surface area (Å²) in [5.74, 6) is 1.67. The van der Waals surface area contributed by atoms with E-state index in [9.17, 15) is 9.59 Å². The van der Waals surface area contributed by atoms with Gasteiger partial charge in [0.2, 0.25) is 5.91 Å². The molecule has 1 aromatic carbocycles. The topological polar surface area (TPSA) is 81.8 Å². The van der Waals surface area contributed by atoms with Crippen LogP contribution >= 0.6 is 11.8 Å². The second-order valence-corrected chi connectivity index (χ2v) is 9.22. The minimum Gasteiger partial charge on any atom is -0.334 e. The quantitative estimate of drug-likeness (QED) is 0.632. The van der Waals surface area contributed by atoms with Gasteiger partial charge in [0.1, 0.15) is 5.82 Å². The zero-order chi connectivity index (χ0) is 21.5. The van der Waals surface area contributed by atoms with Gasteiger partial charge in [0.25, 0.3) is 5.56 Å². The van der Waals surface area contributed by atoms with E-state index in [1.54, 1.807) is 11.5 Å². The van der Waals surface area contributed by atoms with E-state index in [1.165, 1.54) is 24.6 Å². The Bertz CT molecular complexity index is 1210. The number of nitrogens with one attached hydrogen (secondary N) is 1. The van der Waals surface area contributed by atoms with Crippen LogP contribution in [0.4, 0.5) is 5.69 Å². The van der Waals surface area contributed by atoms with Crippen LogP contribution < -0.4 is 10.9 Å². The summed E-state index contributed by atoms with van der Waals surface area (Å²) in [6, 6.07) is 7.58. The van der Waals surface area contributed by atoms with Crippen LogP contribution in [0.15, 0.2) is 40.4 Å². The zero-order valence-corrected chi connectivity index (χ0v) is 18.5. The largest absolute Gasteiger partial charge is 0.334 e. The van der Waals surface area contributed by atoms with Gasteiger partial charge in [0.05, 0.1) is 17.4 Å². The molecule has 4 heterocycles. The van der Waals surface area contributed by atoms with Gasteiger partial charge in [0, 0.05) is 48.2 Å². The van der Waals surface area contributed by atoms with Crippen molar-refractivity contribution in [1.29, 1.82) is 0 Å². The number of benzene rings is 1. The van der Waals surface area contributed by atoms with E-state index in [0.29, 0.717) is 16.5 Å². The molecule has 1 amide bonds. The Kier molecular flexibility index (Phi) is 5.17. The number of thioether (sulfide) groups is 1. The first-order valence-electron chi connectivity index (χ1n) is 10.7. The van der Waals surface area contributed by atoms with Gasteiger partial charge in [-0.25, -0.2) is 9.97 Å². The Balaban J connectivity index is 1.37. The molecule has 2 aliphatic heterocycles. The SMILES string of the molecule is Cc1nc2n(c(=O)c1C)C(CC(=O)Nc1ccccc1-c1cn3c(n1)CCCC3)CS2. The molecule has 3 aromatic rings. The molecule has 0 fully saturated rings. The van der Waals surface area contributed by atoms with E-state index in [4.69, 9.17) is 4.98 Å². The smallest absolute Gasteiger partial charge is 0.257 e. The summed E-state index contributed by atoms with van der Waals surface area (Å²) in [5, 5.41) is 3.76. The molecule has 0 radical (unpaired) electrons. The van der Waals surface area contributed by atoms with Crippen molar-refractivity contribution in [2.45, 2.75) is 57.3 Å². The Labute approximate surface area is 184 Å². The maximum Gasteiger partial charge on any atom is 0.257 e. The third kappa shape index (κ3) is 3.69. The number of carbonyl (C=O) groups excluding carboxylic acids is 1. The van der Waals surface area contributed by atoms with Gasteiger partial charge in [-0.15, -0.1) is 0 Å². The molecule has 1 N–H and O–H groups in total. The number of nitrogens with zero attached hydrogens (tertiary/aromatic N) is 4. The highest BCUT2D eigenvalue weighted by atomic mass is 32.2. The van der Waals surface area contributed by atoms with Crippen LogP contribution in [-0.4, -0.2) is 30.8 Å². The number of carbonyl (C=O) groups is 1. The van der Waals surface area contributed by atoms with Gasteiger partial charge in [-0.2, -0.15) is 0 Å². The van der Waals surface area contributed by atoms with Gasteiger partial charge in [-0.1, -0.05) is 30.0 Å². The molecule has 1 atom stereocenters. The van der Waals surface area contributed by atoms with E-state index in [-0.39, 0.29) is 23.9 Å². The number of aromatic nitrogens is 4. The van der Waals surface area contributed by atoms with Gasteiger partial charge in [-0.3, -0.25) is 14.2 Å². The van der Waals surface area contributed by atoms with Crippen LogP contribution in [0.2, 0.25) is 0 Å². The van der Waals surface area contributed by atoms with Crippen molar-refractivity contribution in [2.75, 3.05) is 11.1 Å². The average Bonchev–Trinajstić information content (AvgIpc) is 3.36. The fourth-order valence-electron chi connectivity index (χ4n) is 4.30. The molecule has 0 bridgehead atoms. The van der Waals surface area contributed by atoms with E-state index in [2.05, 4.69) is 21.1 Å². The van der Waals surface area contributed by atoms with Gasteiger partial charge in [0.15, 0.2) is 5.16 Å². The molecule has 1 unspecified atom stereocenters. The lowest BCUT2D eigenvalue weighted by atomic mass is 10.1. The molecule has 0 spiro atoms. The maximum atomic E-state index is 12.9. The number of fused-ring (bicyclic) bond motifs is 2. The molecular weight excluding hydrogens is 410 g/mol. The van der Waals surface area contributed by atoms with Crippen LogP contribution in [0.3, 0.4) is 0 Å². The van der Waals surface area contributed by atoms with Crippen molar-refractivity contribution in [3.8, 4) is 11.3 Å². The fourth-order valence-corrected chi connectivity index (χ4v) is 5.48. The summed E-state index contributed by atoms with van der Waals surface area (Å²) >= 11 is 1.54. The molecule has 7 nitrogen and oxygen atoms in total. The van der Waals surface area contributed by atoms with E-state index in [1.807, 2.05) is 31.2 Å². The van der Waals surface area contributed by atoms with Crippen LogP contribution in [0.25, 0.3) is 11.3 Å². The van der Waals surface area contributed by atoms with Crippen molar-refractivity contribution in [3.63, 3.8) is 0 Å². The van der Waals surface area contributed by atoms with Crippen molar-refractivity contribution in [3.05, 3.63) is 57.9 Å². The predicted molar refractivity (Wildman–Crippen MR) is 122 cm³/mol. The third-order valence-corrected chi connectivity index (χ3v) is 7.23. The van der Waals surface area contributed by atoms with Crippen LogP contribution in [0, 0.1) is 13.8 Å². The van der Waals surface area contributed by atoms with Gasteiger partial charge in [-0.05, 0) is 32.8 Å².